The molecule has 0 spiro atoms. The summed E-state index contributed by atoms with van der Waals surface area (Å²) in [5.74, 6) is 0.166. The number of rotatable bonds is 2. The maximum Gasteiger partial charge on any atom is 0.387 e. The van der Waals surface area contributed by atoms with E-state index in [1.807, 2.05) is 6.07 Å². The highest BCUT2D eigenvalue weighted by molar-refractivity contribution is 9.10. The van der Waals surface area contributed by atoms with Crippen molar-refractivity contribution in [1.29, 1.82) is 0 Å². The van der Waals surface area contributed by atoms with Gasteiger partial charge in [0.15, 0.2) is 0 Å². The predicted octanol–water partition coefficient (Wildman–Crippen LogP) is 2.98. The van der Waals surface area contributed by atoms with Gasteiger partial charge in [-0.15, -0.1) is 0 Å². The minimum Gasteiger partial charge on any atom is -0.433 e. The second-order valence-corrected chi connectivity index (χ2v) is 3.65. The first kappa shape index (κ1) is 9.58. The Hall–Kier alpha value is -0.970. The van der Waals surface area contributed by atoms with Gasteiger partial charge in [-0.2, -0.15) is 8.78 Å². The monoisotopic (exact) mass is 261 g/mol. The molecular formula is C9H6BrF2NO. The van der Waals surface area contributed by atoms with E-state index in [1.165, 1.54) is 0 Å². The first-order valence-corrected chi connectivity index (χ1v) is 4.74. The molecule has 0 aromatic heterocycles. The lowest BCUT2D eigenvalue weighted by molar-refractivity contribution is -0.0504. The lowest BCUT2D eigenvalue weighted by Crippen LogP contribution is -2.05. The zero-order chi connectivity index (χ0) is 10.1. The van der Waals surface area contributed by atoms with E-state index in [0.29, 0.717) is 16.6 Å². The summed E-state index contributed by atoms with van der Waals surface area (Å²) in [6.45, 7) is -2.28. The van der Waals surface area contributed by atoms with Gasteiger partial charge in [-0.3, -0.25) is 4.99 Å². The molecule has 0 saturated carbocycles. The van der Waals surface area contributed by atoms with Crippen molar-refractivity contribution in [3.63, 3.8) is 0 Å². The van der Waals surface area contributed by atoms with Crippen LogP contribution in [0, 0.1) is 0 Å². The highest BCUT2D eigenvalue weighted by Crippen LogP contribution is 2.34. The summed E-state index contributed by atoms with van der Waals surface area (Å²) in [5.41, 5.74) is 1.54. The van der Waals surface area contributed by atoms with Crippen molar-refractivity contribution in [3.8, 4) is 5.75 Å². The Balaban J connectivity index is 2.46. The first-order valence-electron chi connectivity index (χ1n) is 3.94. The molecule has 0 bridgehead atoms. The molecular weight excluding hydrogens is 256 g/mol. The predicted molar refractivity (Wildman–Crippen MR) is 52.1 cm³/mol. The molecule has 1 aliphatic rings. The van der Waals surface area contributed by atoms with Crippen LogP contribution in [0.1, 0.15) is 11.1 Å². The van der Waals surface area contributed by atoms with E-state index in [9.17, 15) is 8.78 Å². The van der Waals surface area contributed by atoms with Crippen molar-refractivity contribution in [2.75, 3.05) is 0 Å². The van der Waals surface area contributed by atoms with Gasteiger partial charge in [0.1, 0.15) is 5.75 Å². The van der Waals surface area contributed by atoms with Crippen LogP contribution in [-0.2, 0) is 6.54 Å². The molecule has 0 aliphatic carbocycles. The summed E-state index contributed by atoms with van der Waals surface area (Å²) < 4.78 is 29.1. The molecule has 5 heteroatoms. The van der Waals surface area contributed by atoms with Crippen LogP contribution >= 0.6 is 15.9 Å². The van der Waals surface area contributed by atoms with Crippen LogP contribution in [0.3, 0.4) is 0 Å². The maximum absolute atomic E-state index is 12.1. The molecule has 1 aliphatic heterocycles. The van der Waals surface area contributed by atoms with Gasteiger partial charge in [0.05, 0.1) is 11.0 Å². The summed E-state index contributed by atoms with van der Waals surface area (Å²) in [5, 5.41) is 0. The number of ether oxygens (including phenoxy) is 1. The number of hydrogen-bond acceptors (Lipinski definition) is 2. The highest BCUT2D eigenvalue weighted by atomic mass is 79.9. The Labute approximate surface area is 87.7 Å². The van der Waals surface area contributed by atoms with Crippen LogP contribution in [-0.4, -0.2) is 12.8 Å². The molecule has 0 fully saturated rings. The van der Waals surface area contributed by atoms with E-state index in [1.54, 1.807) is 12.3 Å². The molecule has 2 nitrogen and oxygen atoms in total. The van der Waals surface area contributed by atoms with Gasteiger partial charge in [0, 0.05) is 11.8 Å². The van der Waals surface area contributed by atoms with Crippen molar-refractivity contribution in [1.82, 2.24) is 0 Å². The highest BCUT2D eigenvalue weighted by Gasteiger charge is 2.17. The zero-order valence-electron chi connectivity index (χ0n) is 7.01. The first-order chi connectivity index (χ1) is 6.68. The fourth-order valence-corrected chi connectivity index (χ4v) is 1.78. The molecule has 1 heterocycles. The Morgan fingerprint density at radius 3 is 2.93 bits per heavy atom. The van der Waals surface area contributed by atoms with Crippen LogP contribution in [0.25, 0.3) is 0 Å². The molecule has 0 saturated heterocycles. The van der Waals surface area contributed by atoms with Gasteiger partial charge in [0.25, 0.3) is 0 Å². The molecule has 0 amide bonds. The molecule has 2 rings (SSSR count). The molecule has 1 aromatic carbocycles. The fourth-order valence-electron chi connectivity index (χ4n) is 1.34. The topological polar surface area (TPSA) is 21.6 Å². The van der Waals surface area contributed by atoms with E-state index in [4.69, 9.17) is 0 Å². The van der Waals surface area contributed by atoms with E-state index in [-0.39, 0.29) is 5.75 Å². The third kappa shape index (κ3) is 1.64. The Morgan fingerprint density at radius 1 is 1.43 bits per heavy atom. The van der Waals surface area contributed by atoms with Gasteiger partial charge in [0.2, 0.25) is 0 Å². The van der Waals surface area contributed by atoms with E-state index < -0.39 is 6.61 Å². The van der Waals surface area contributed by atoms with Gasteiger partial charge in [-0.05, 0) is 27.6 Å². The zero-order valence-corrected chi connectivity index (χ0v) is 8.59. The summed E-state index contributed by atoms with van der Waals surface area (Å²) in [6.07, 6.45) is 1.55. The average Bonchev–Trinajstić information content (AvgIpc) is 2.57. The Bertz CT molecular complexity index is 393. The lowest BCUT2D eigenvalue weighted by Gasteiger charge is -2.10. The van der Waals surface area contributed by atoms with Crippen molar-refractivity contribution in [3.05, 3.63) is 27.7 Å². The van der Waals surface area contributed by atoms with Gasteiger partial charge >= 0.3 is 6.61 Å². The fraction of sp³-hybridized carbons (Fsp3) is 0.222. The standard InChI is InChI=1S/C9H6BrF2NO/c10-7-2-1-5-3-13-4-6(5)8(7)14-9(11)12/h1-2,4,9H,3H2. The van der Waals surface area contributed by atoms with Gasteiger partial charge in [-0.25, -0.2) is 0 Å². The molecule has 14 heavy (non-hydrogen) atoms. The molecule has 74 valence electrons. The molecule has 0 radical (unpaired) electrons. The molecule has 0 N–H and O–H groups in total. The number of alkyl halides is 2. The van der Waals surface area contributed by atoms with Crippen LogP contribution in [0.15, 0.2) is 21.6 Å². The van der Waals surface area contributed by atoms with Crippen LogP contribution in [0.5, 0.6) is 5.75 Å². The van der Waals surface area contributed by atoms with Gasteiger partial charge in [-0.1, -0.05) is 6.07 Å². The van der Waals surface area contributed by atoms with Crippen LogP contribution in [0.4, 0.5) is 8.78 Å². The number of aliphatic imine (C=N–C) groups is 1. The van der Waals surface area contributed by atoms with Crippen LogP contribution < -0.4 is 4.74 Å². The molecule has 0 unspecified atom stereocenters. The molecule has 1 aromatic rings. The number of nitrogens with zero attached hydrogens (tertiary/aromatic N) is 1. The number of benzene rings is 1. The van der Waals surface area contributed by atoms with Crippen molar-refractivity contribution < 1.29 is 13.5 Å². The lowest BCUT2D eigenvalue weighted by atomic mass is 10.1. The van der Waals surface area contributed by atoms with Gasteiger partial charge < -0.3 is 4.74 Å². The van der Waals surface area contributed by atoms with Crippen LogP contribution in [0.2, 0.25) is 0 Å². The van der Waals surface area contributed by atoms with E-state index in [0.717, 1.165) is 5.56 Å². The SMILES string of the molecule is FC(F)Oc1c(Br)ccc2c1C=NC2. The molecule has 0 atom stereocenters. The largest absolute Gasteiger partial charge is 0.433 e. The number of halogens is 3. The van der Waals surface area contributed by atoms with Crippen molar-refractivity contribution in [2.45, 2.75) is 13.2 Å². The third-order valence-electron chi connectivity index (χ3n) is 1.93. The Kier molecular flexibility index (Phi) is 2.50. The quantitative estimate of drug-likeness (QED) is 0.802. The smallest absolute Gasteiger partial charge is 0.387 e. The minimum absolute atomic E-state index is 0.166. The average molecular weight is 262 g/mol. The van der Waals surface area contributed by atoms with Crippen molar-refractivity contribution >= 4 is 22.1 Å². The summed E-state index contributed by atoms with van der Waals surface area (Å²) in [4.78, 5) is 3.99. The van der Waals surface area contributed by atoms with Crippen molar-refractivity contribution in [2.24, 2.45) is 4.99 Å². The normalized spacial score (nSPS) is 13.4. The van der Waals surface area contributed by atoms with E-state index in [2.05, 4.69) is 25.7 Å². The number of fused-ring (bicyclic) bond motifs is 1. The van der Waals surface area contributed by atoms with E-state index >= 15 is 0 Å². The maximum atomic E-state index is 12.1. The Morgan fingerprint density at radius 2 is 2.21 bits per heavy atom. The third-order valence-corrected chi connectivity index (χ3v) is 2.55. The summed E-state index contributed by atoms with van der Waals surface area (Å²) in [6, 6.07) is 3.52. The summed E-state index contributed by atoms with van der Waals surface area (Å²) in [7, 11) is 0. The second kappa shape index (κ2) is 3.65. The minimum atomic E-state index is -2.81. The second-order valence-electron chi connectivity index (χ2n) is 2.80. The number of hydrogen-bond donors (Lipinski definition) is 0. The summed E-state index contributed by atoms with van der Waals surface area (Å²) >= 11 is 3.16.